The van der Waals surface area contributed by atoms with Gasteiger partial charge in [0.05, 0.1) is 5.69 Å². The predicted octanol–water partition coefficient (Wildman–Crippen LogP) is 3.58. The highest BCUT2D eigenvalue weighted by atomic mass is 19.4. The van der Waals surface area contributed by atoms with Crippen molar-refractivity contribution in [3.63, 3.8) is 0 Å². The number of halogens is 3. The standard InChI is InChI=1S/C13H8F3NO/c14-13(15,16)11-7-6-10(8-18)12(17-11)9-4-2-1-3-5-9/h1-8H. The number of aromatic nitrogens is 1. The SMILES string of the molecule is O=Cc1ccc(C(F)(F)F)nc1-c1ccccc1. The maximum Gasteiger partial charge on any atom is 0.433 e. The van der Waals surface area contributed by atoms with Gasteiger partial charge in [-0.2, -0.15) is 13.2 Å². The molecule has 5 heteroatoms. The van der Waals surface area contributed by atoms with Gasteiger partial charge in [0, 0.05) is 11.1 Å². The van der Waals surface area contributed by atoms with Gasteiger partial charge in [0.25, 0.3) is 0 Å². The summed E-state index contributed by atoms with van der Waals surface area (Å²) < 4.78 is 37.7. The molecule has 0 saturated carbocycles. The molecule has 2 rings (SSSR count). The van der Waals surface area contributed by atoms with Gasteiger partial charge in [-0.25, -0.2) is 4.98 Å². The first-order valence-electron chi connectivity index (χ1n) is 5.11. The van der Waals surface area contributed by atoms with Crippen molar-refractivity contribution >= 4 is 6.29 Å². The highest BCUT2D eigenvalue weighted by Crippen LogP contribution is 2.30. The lowest BCUT2D eigenvalue weighted by Crippen LogP contribution is -2.09. The molecule has 0 spiro atoms. The van der Waals surface area contributed by atoms with Gasteiger partial charge in [-0.05, 0) is 12.1 Å². The van der Waals surface area contributed by atoms with Crippen molar-refractivity contribution in [3.05, 3.63) is 53.7 Å². The van der Waals surface area contributed by atoms with E-state index in [0.717, 1.165) is 12.1 Å². The van der Waals surface area contributed by atoms with Gasteiger partial charge < -0.3 is 0 Å². The maximum atomic E-state index is 12.6. The summed E-state index contributed by atoms with van der Waals surface area (Å²) in [5.41, 5.74) is -0.354. The molecule has 0 aliphatic rings. The Morgan fingerprint density at radius 1 is 1.00 bits per heavy atom. The molecular weight excluding hydrogens is 243 g/mol. The van der Waals surface area contributed by atoms with Crippen molar-refractivity contribution in [1.29, 1.82) is 0 Å². The number of alkyl halides is 3. The molecule has 0 radical (unpaired) electrons. The molecule has 0 aliphatic carbocycles. The third-order valence-electron chi connectivity index (χ3n) is 2.39. The molecule has 0 unspecified atom stereocenters. The number of carbonyl (C=O) groups is 1. The van der Waals surface area contributed by atoms with Gasteiger partial charge in [-0.3, -0.25) is 4.79 Å². The third-order valence-corrected chi connectivity index (χ3v) is 2.39. The zero-order valence-corrected chi connectivity index (χ0v) is 9.11. The summed E-state index contributed by atoms with van der Waals surface area (Å²) in [6.45, 7) is 0. The average molecular weight is 251 g/mol. The lowest BCUT2D eigenvalue weighted by Gasteiger charge is -2.09. The molecular formula is C13H8F3NO. The van der Waals surface area contributed by atoms with E-state index in [-0.39, 0.29) is 11.3 Å². The minimum Gasteiger partial charge on any atom is -0.298 e. The quantitative estimate of drug-likeness (QED) is 0.763. The van der Waals surface area contributed by atoms with Crippen molar-refractivity contribution in [1.82, 2.24) is 4.98 Å². The van der Waals surface area contributed by atoms with Gasteiger partial charge in [0.1, 0.15) is 5.69 Å². The fourth-order valence-corrected chi connectivity index (χ4v) is 1.55. The molecule has 0 atom stereocenters. The van der Waals surface area contributed by atoms with Crippen LogP contribution in [0.25, 0.3) is 11.3 Å². The van der Waals surface area contributed by atoms with E-state index in [1.807, 2.05) is 0 Å². The van der Waals surface area contributed by atoms with Gasteiger partial charge in [0.15, 0.2) is 6.29 Å². The summed E-state index contributed by atoms with van der Waals surface area (Å²) in [5.74, 6) is 0. The van der Waals surface area contributed by atoms with Crippen molar-refractivity contribution < 1.29 is 18.0 Å². The Labute approximate surface area is 101 Å². The van der Waals surface area contributed by atoms with Crippen molar-refractivity contribution in [2.75, 3.05) is 0 Å². The number of pyridine rings is 1. The average Bonchev–Trinajstić information content (AvgIpc) is 2.38. The molecule has 1 aromatic carbocycles. The number of benzene rings is 1. The third kappa shape index (κ3) is 2.40. The van der Waals surface area contributed by atoms with E-state index < -0.39 is 11.9 Å². The van der Waals surface area contributed by atoms with E-state index in [1.54, 1.807) is 30.3 Å². The summed E-state index contributed by atoms with van der Waals surface area (Å²) in [5, 5.41) is 0. The van der Waals surface area contributed by atoms with E-state index in [0.29, 0.717) is 11.8 Å². The van der Waals surface area contributed by atoms with Gasteiger partial charge in [0.2, 0.25) is 0 Å². The second-order valence-electron chi connectivity index (χ2n) is 3.62. The first-order valence-corrected chi connectivity index (χ1v) is 5.11. The monoisotopic (exact) mass is 251 g/mol. The van der Waals surface area contributed by atoms with Crippen LogP contribution in [0.15, 0.2) is 42.5 Å². The van der Waals surface area contributed by atoms with Crippen molar-refractivity contribution in [2.24, 2.45) is 0 Å². The lowest BCUT2D eigenvalue weighted by molar-refractivity contribution is -0.141. The van der Waals surface area contributed by atoms with Crippen LogP contribution < -0.4 is 0 Å². The van der Waals surface area contributed by atoms with E-state index in [2.05, 4.69) is 4.98 Å². The Hall–Kier alpha value is -2.17. The Kier molecular flexibility index (Phi) is 3.14. The Morgan fingerprint density at radius 3 is 2.22 bits per heavy atom. The lowest BCUT2D eigenvalue weighted by atomic mass is 10.1. The van der Waals surface area contributed by atoms with Gasteiger partial charge in [-0.1, -0.05) is 30.3 Å². The van der Waals surface area contributed by atoms with Crippen LogP contribution in [0.5, 0.6) is 0 Å². The maximum absolute atomic E-state index is 12.6. The molecule has 0 amide bonds. The zero-order chi connectivity index (χ0) is 13.2. The second-order valence-corrected chi connectivity index (χ2v) is 3.62. The van der Waals surface area contributed by atoms with Crippen LogP contribution in [0.3, 0.4) is 0 Å². The van der Waals surface area contributed by atoms with Crippen LogP contribution >= 0.6 is 0 Å². The van der Waals surface area contributed by atoms with Gasteiger partial charge >= 0.3 is 6.18 Å². The van der Waals surface area contributed by atoms with Crippen LogP contribution in [0, 0.1) is 0 Å². The van der Waals surface area contributed by atoms with E-state index in [9.17, 15) is 18.0 Å². The number of rotatable bonds is 2. The summed E-state index contributed by atoms with van der Waals surface area (Å²) in [6, 6.07) is 10.2. The first-order chi connectivity index (χ1) is 8.52. The van der Waals surface area contributed by atoms with Gasteiger partial charge in [-0.15, -0.1) is 0 Å². The molecule has 0 saturated heterocycles. The number of nitrogens with zero attached hydrogens (tertiary/aromatic N) is 1. The second kappa shape index (κ2) is 4.60. The zero-order valence-electron chi connectivity index (χ0n) is 9.11. The topological polar surface area (TPSA) is 30.0 Å². The molecule has 0 fully saturated rings. The Balaban J connectivity index is 2.61. The van der Waals surface area contributed by atoms with Crippen molar-refractivity contribution in [2.45, 2.75) is 6.18 Å². The number of aldehydes is 1. The predicted molar refractivity (Wildman–Crippen MR) is 60.1 cm³/mol. The number of hydrogen-bond acceptors (Lipinski definition) is 2. The van der Waals surface area contributed by atoms with Crippen LogP contribution in [0.4, 0.5) is 13.2 Å². The summed E-state index contributed by atoms with van der Waals surface area (Å²) in [7, 11) is 0. The molecule has 0 bridgehead atoms. The normalized spacial score (nSPS) is 11.3. The smallest absolute Gasteiger partial charge is 0.298 e. The molecule has 2 nitrogen and oxygen atoms in total. The molecule has 1 heterocycles. The molecule has 0 aliphatic heterocycles. The van der Waals surface area contributed by atoms with Crippen LogP contribution in [-0.2, 0) is 6.18 Å². The van der Waals surface area contributed by atoms with Crippen LogP contribution in [0.1, 0.15) is 16.1 Å². The molecule has 1 aromatic heterocycles. The minimum atomic E-state index is -4.52. The molecule has 18 heavy (non-hydrogen) atoms. The Morgan fingerprint density at radius 2 is 1.67 bits per heavy atom. The Bertz CT molecular complexity index is 564. The number of carbonyl (C=O) groups excluding carboxylic acids is 1. The summed E-state index contributed by atoms with van der Waals surface area (Å²) in [4.78, 5) is 14.4. The highest BCUT2D eigenvalue weighted by Gasteiger charge is 2.33. The number of hydrogen-bond donors (Lipinski definition) is 0. The first kappa shape index (κ1) is 12.3. The van der Waals surface area contributed by atoms with E-state index in [4.69, 9.17) is 0 Å². The molecule has 92 valence electrons. The van der Waals surface area contributed by atoms with Crippen LogP contribution in [-0.4, -0.2) is 11.3 Å². The highest BCUT2D eigenvalue weighted by molar-refractivity contribution is 5.85. The fourth-order valence-electron chi connectivity index (χ4n) is 1.55. The van der Waals surface area contributed by atoms with Crippen molar-refractivity contribution in [3.8, 4) is 11.3 Å². The fraction of sp³-hybridized carbons (Fsp3) is 0.0769. The summed E-state index contributed by atoms with van der Waals surface area (Å²) >= 11 is 0. The minimum absolute atomic E-state index is 0.0421. The summed E-state index contributed by atoms with van der Waals surface area (Å²) in [6.07, 6.45) is -4.03. The molecule has 2 aromatic rings. The van der Waals surface area contributed by atoms with E-state index in [1.165, 1.54) is 0 Å². The largest absolute Gasteiger partial charge is 0.433 e. The molecule has 0 N–H and O–H groups in total. The van der Waals surface area contributed by atoms with Crippen LogP contribution in [0.2, 0.25) is 0 Å². The van der Waals surface area contributed by atoms with E-state index >= 15 is 0 Å².